The van der Waals surface area contributed by atoms with Crippen LogP contribution in [-0.2, 0) is 4.79 Å². The number of carbonyl (C=O) groups is 2. The fourth-order valence-electron chi connectivity index (χ4n) is 1.75. The Morgan fingerprint density at radius 1 is 0.952 bits per heavy atom. The van der Waals surface area contributed by atoms with E-state index < -0.39 is 0 Å². The Morgan fingerprint density at radius 3 is 2.43 bits per heavy atom. The third-order valence-electron chi connectivity index (χ3n) is 2.81. The number of nitrogens with one attached hydrogen (secondary N) is 2. The fraction of sp³-hybridized carbons (Fsp3) is 0.0588. The summed E-state index contributed by atoms with van der Waals surface area (Å²) in [7, 11) is 0. The van der Waals surface area contributed by atoms with Crippen molar-refractivity contribution in [3.05, 3.63) is 77.4 Å². The van der Waals surface area contributed by atoms with Crippen LogP contribution in [0.15, 0.2) is 60.7 Å². The molecule has 0 spiro atoms. The Kier molecular flexibility index (Phi) is 4.88. The molecule has 0 aliphatic rings. The smallest absolute Gasteiger partial charge is 0.268 e. The molecule has 0 aliphatic heterocycles. The van der Waals surface area contributed by atoms with Crippen molar-refractivity contribution in [2.45, 2.75) is 6.92 Å². The van der Waals surface area contributed by atoms with E-state index in [0.717, 1.165) is 11.1 Å². The van der Waals surface area contributed by atoms with Gasteiger partial charge in [-0.05, 0) is 30.7 Å². The van der Waals surface area contributed by atoms with Crippen molar-refractivity contribution in [1.82, 2.24) is 10.9 Å². The van der Waals surface area contributed by atoms with Gasteiger partial charge in [0.05, 0.1) is 0 Å². The van der Waals surface area contributed by atoms with Gasteiger partial charge in [-0.15, -0.1) is 0 Å². The average molecular weight is 280 g/mol. The van der Waals surface area contributed by atoms with Crippen LogP contribution in [0.2, 0.25) is 0 Å². The van der Waals surface area contributed by atoms with Crippen molar-refractivity contribution in [1.29, 1.82) is 0 Å². The minimum Gasteiger partial charge on any atom is -0.268 e. The zero-order valence-corrected chi connectivity index (χ0v) is 11.7. The van der Waals surface area contributed by atoms with Crippen LogP contribution >= 0.6 is 0 Å². The van der Waals surface area contributed by atoms with E-state index in [9.17, 15) is 9.59 Å². The molecule has 0 bridgehead atoms. The van der Waals surface area contributed by atoms with E-state index >= 15 is 0 Å². The van der Waals surface area contributed by atoms with Gasteiger partial charge in [0.2, 0.25) is 0 Å². The van der Waals surface area contributed by atoms with Gasteiger partial charge >= 0.3 is 0 Å². The topological polar surface area (TPSA) is 58.2 Å². The fourth-order valence-corrected chi connectivity index (χ4v) is 1.75. The molecule has 2 aromatic rings. The monoisotopic (exact) mass is 280 g/mol. The quantitative estimate of drug-likeness (QED) is 0.670. The maximum atomic E-state index is 11.8. The van der Waals surface area contributed by atoms with Crippen molar-refractivity contribution >= 4 is 17.9 Å². The highest BCUT2D eigenvalue weighted by Gasteiger charge is 2.05. The van der Waals surface area contributed by atoms with Crippen molar-refractivity contribution in [3.63, 3.8) is 0 Å². The lowest BCUT2D eigenvalue weighted by Gasteiger charge is -2.05. The zero-order valence-electron chi connectivity index (χ0n) is 11.7. The lowest BCUT2D eigenvalue weighted by atomic mass is 10.1. The number of hydrogen-bond acceptors (Lipinski definition) is 2. The molecule has 2 aromatic carbocycles. The molecule has 0 unspecified atom stereocenters. The predicted molar refractivity (Wildman–Crippen MR) is 82.3 cm³/mol. The highest BCUT2D eigenvalue weighted by atomic mass is 16.2. The maximum Gasteiger partial charge on any atom is 0.269 e. The van der Waals surface area contributed by atoms with Crippen LogP contribution in [-0.4, -0.2) is 11.8 Å². The van der Waals surface area contributed by atoms with E-state index in [4.69, 9.17) is 0 Å². The predicted octanol–water partition coefficient (Wildman–Crippen LogP) is 2.47. The van der Waals surface area contributed by atoms with Crippen LogP contribution in [0.1, 0.15) is 21.5 Å². The number of benzene rings is 2. The second-order valence-electron chi connectivity index (χ2n) is 4.56. The van der Waals surface area contributed by atoms with Gasteiger partial charge in [-0.1, -0.05) is 48.0 Å². The van der Waals surface area contributed by atoms with Crippen molar-refractivity contribution in [2.24, 2.45) is 0 Å². The summed E-state index contributed by atoms with van der Waals surface area (Å²) in [6, 6.07) is 16.6. The summed E-state index contributed by atoms with van der Waals surface area (Å²) >= 11 is 0. The number of carbonyl (C=O) groups excluding carboxylic acids is 2. The molecule has 4 nitrogen and oxygen atoms in total. The van der Waals surface area contributed by atoms with E-state index in [1.807, 2.05) is 43.3 Å². The maximum absolute atomic E-state index is 11.8. The highest BCUT2D eigenvalue weighted by Crippen LogP contribution is 2.03. The molecule has 0 heterocycles. The third kappa shape index (κ3) is 4.62. The second-order valence-corrected chi connectivity index (χ2v) is 4.56. The van der Waals surface area contributed by atoms with Gasteiger partial charge in [0.1, 0.15) is 0 Å². The van der Waals surface area contributed by atoms with Gasteiger partial charge < -0.3 is 0 Å². The minimum atomic E-state index is -0.389. The Hall–Kier alpha value is -2.88. The summed E-state index contributed by atoms with van der Waals surface area (Å²) in [5, 5.41) is 0. The molecule has 2 rings (SSSR count). The van der Waals surface area contributed by atoms with Crippen LogP contribution < -0.4 is 10.9 Å². The molecule has 0 aromatic heterocycles. The van der Waals surface area contributed by atoms with Crippen molar-refractivity contribution in [2.75, 3.05) is 0 Å². The largest absolute Gasteiger partial charge is 0.269 e. The molecule has 0 radical (unpaired) electrons. The first-order valence-electron chi connectivity index (χ1n) is 6.55. The summed E-state index contributed by atoms with van der Waals surface area (Å²) in [4.78, 5) is 23.4. The lowest BCUT2D eigenvalue weighted by molar-refractivity contribution is -0.117. The van der Waals surface area contributed by atoms with Gasteiger partial charge in [0.25, 0.3) is 11.8 Å². The molecule has 0 aliphatic carbocycles. The summed E-state index contributed by atoms with van der Waals surface area (Å²) in [5.74, 6) is -0.736. The molecule has 2 N–H and O–H groups in total. The van der Waals surface area contributed by atoms with Gasteiger partial charge in [-0.3, -0.25) is 20.4 Å². The summed E-state index contributed by atoms with van der Waals surface area (Å²) in [6.45, 7) is 1.90. The molecule has 4 heteroatoms. The third-order valence-corrected chi connectivity index (χ3v) is 2.81. The molecule has 0 atom stereocenters. The van der Waals surface area contributed by atoms with Gasteiger partial charge in [-0.2, -0.15) is 0 Å². The SMILES string of the molecule is Cc1cccc(C(=O)NNC(=O)C=Cc2ccccc2)c1. The van der Waals surface area contributed by atoms with Gasteiger partial charge in [-0.25, -0.2) is 0 Å². The first-order valence-corrected chi connectivity index (χ1v) is 6.55. The van der Waals surface area contributed by atoms with E-state index in [1.54, 1.807) is 24.3 Å². The average Bonchev–Trinajstić information content (AvgIpc) is 2.51. The number of rotatable bonds is 3. The minimum absolute atomic E-state index is 0.347. The Morgan fingerprint density at radius 2 is 1.71 bits per heavy atom. The van der Waals surface area contributed by atoms with Crippen molar-refractivity contribution in [3.8, 4) is 0 Å². The summed E-state index contributed by atoms with van der Waals surface area (Å²) in [5.41, 5.74) is 7.12. The first kappa shape index (κ1) is 14.5. The zero-order chi connectivity index (χ0) is 15.1. The normalized spacial score (nSPS) is 10.3. The lowest BCUT2D eigenvalue weighted by Crippen LogP contribution is -2.40. The van der Waals surface area contributed by atoms with Crippen LogP contribution in [0.5, 0.6) is 0 Å². The van der Waals surface area contributed by atoms with Gasteiger partial charge in [0, 0.05) is 11.6 Å². The first-order chi connectivity index (χ1) is 10.1. The Labute approximate surface area is 123 Å². The summed E-state index contributed by atoms with van der Waals surface area (Å²) in [6.07, 6.45) is 3.04. The molecule has 0 saturated carbocycles. The van der Waals surface area contributed by atoms with E-state index in [1.165, 1.54) is 6.08 Å². The molecule has 106 valence electrons. The highest BCUT2D eigenvalue weighted by molar-refractivity contribution is 5.97. The number of aryl methyl sites for hydroxylation is 1. The van der Waals surface area contributed by atoms with Crippen molar-refractivity contribution < 1.29 is 9.59 Å². The standard InChI is InChI=1S/C17H16N2O2/c1-13-6-5-9-15(12-13)17(21)19-18-16(20)11-10-14-7-3-2-4-8-14/h2-12H,1H3,(H,18,20)(H,19,21). The van der Waals surface area contributed by atoms with Gasteiger partial charge in [0.15, 0.2) is 0 Å². The second kappa shape index (κ2) is 7.05. The summed E-state index contributed by atoms with van der Waals surface area (Å²) < 4.78 is 0. The molecular formula is C17H16N2O2. The van der Waals surface area contributed by atoms with Crippen LogP contribution in [0.3, 0.4) is 0 Å². The van der Waals surface area contributed by atoms with E-state index in [-0.39, 0.29) is 11.8 Å². The molecule has 0 saturated heterocycles. The van der Waals surface area contributed by atoms with Crippen LogP contribution in [0, 0.1) is 6.92 Å². The number of hydrogen-bond donors (Lipinski definition) is 2. The van der Waals surface area contributed by atoms with E-state index in [0.29, 0.717) is 5.56 Å². The molecule has 2 amide bonds. The molecule has 21 heavy (non-hydrogen) atoms. The van der Waals surface area contributed by atoms with Crippen LogP contribution in [0.4, 0.5) is 0 Å². The molecule has 0 fully saturated rings. The number of hydrazine groups is 1. The Bertz CT molecular complexity index is 664. The number of amides is 2. The van der Waals surface area contributed by atoms with E-state index in [2.05, 4.69) is 10.9 Å². The Balaban J connectivity index is 1.87. The van der Waals surface area contributed by atoms with Crippen LogP contribution in [0.25, 0.3) is 6.08 Å². The molecular weight excluding hydrogens is 264 g/mol.